The highest BCUT2D eigenvalue weighted by molar-refractivity contribution is 5.76. The van der Waals surface area contributed by atoms with E-state index in [1.54, 1.807) is 12.1 Å². The van der Waals surface area contributed by atoms with Gasteiger partial charge in [0.2, 0.25) is 0 Å². The largest absolute Gasteiger partial charge is 0.435 e. The number of hydrogen-bond donors (Lipinski definition) is 2. The SMILES string of the molecule is Cc1ccc([C@H]([NH2+]CC(=O)NCCc2ccc(OC(F)F)cc2)c2ccccc2)cc1. The minimum absolute atomic E-state index is 0.0370. The molecular weight excluding hydrogens is 398 g/mol. The molecule has 0 bridgehead atoms. The second-order valence-electron chi connectivity index (χ2n) is 7.36. The Morgan fingerprint density at radius 1 is 0.935 bits per heavy atom. The van der Waals surface area contributed by atoms with Crippen LogP contribution in [0.5, 0.6) is 5.75 Å². The first kappa shape index (κ1) is 22.4. The molecule has 0 unspecified atom stereocenters. The number of rotatable bonds is 10. The molecule has 1 amide bonds. The number of nitrogens with two attached hydrogens (primary N) is 1. The Morgan fingerprint density at radius 2 is 1.58 bits per heavy atom. The Hall–Kier alpha value is -3.25. The summed E-state index contributed by atoms with van der Waals surface area (Å²) in [7, 11) is 0. The Balaban J connectivity index is 1.51. The summed E-state index contributed by atoms with van der Waals surface area (Å²) < 4.78 is 28.7. The molecule has 0 aromatic heterocycles. The fourth-order valence-corrected chi connectivity index (χ4v) is 3.38. The van der Waals surface area contributed by atoms with E-state index in [1.165, 1.54) is 17.7 Å². The van der Waals surface area contributed by atoms with Crippen LogP contribution in [0.4, 0.5) is 8.78 Å². The molecule has 0 saturated heterocycles. The van der Waals surface area contributed by atoms with Crippen LogP contribution in [0.15, 0.2) is 78.9 Å². The topological polar surface area (TPSA) is 54.9 Å². The summed E-state index contributed by atoms with van der Waals surface area (Å²) in [4.78, 5) is 12.4. The van der Waals surface area contributed by atoms with E-state index < -0.39 is 6.61 Å². The summed E-state index contributed by atoms with van der Waals surface area (Å²) in [5.41, 5.74) is 4.43. The maximum Gasteiger partial charge on any atom is 0.387 e. The van der Waals surface area contributed by atoms with Crippen molar-refractivity contribution in [2.45, 2.75) is 26.0 Å². The lowest BCUT2D eigenvalue weighted by molar-refractivity contribution is -0.676. The molecule has 0 aliphatic rings. The molecule has 0 spiro atoms. The van der Waals surface area contributed by atoms with Gasteiger partial charge in [-0.25, -0.2) is 0 Å². The van der Waals surface area contributed by atoms with Crippen molar-refractivity contribution >= 4 is 5.91 Å². The molecule has 3 rings (SSSR count). The number of carbonyl (C=O) groups is 1. The van der Waals surface area contributed by atoms with Gasteiger partial charge in [-0.3, -0.25) is 4.79 Å². The van der Waals surface area contributed by atoms with Gasteiger partial charge in [0, 0.05) is 17.7 Å². The fraction of sp³-hybridized carbons (Fsp3) is 0.240. The van der Waals surface area contributed by atoms with Gasteiger partial charge in [-0.15, -0.1) is 0 Å². The zero-order chi connectivity index (χ0) is 22.1. The average Bonchev–Trinajstić information content (AvgIpc) is 2.77. The zero-order valence-corrected chi connectivity index (χ0v) is 17.4. The van der Waals surface area contributed by atoms with Gasteiger partial charge in [0.25, 0.3) is 5.91 Å². The average molecular weight is 425 g/mol. The Morgan fingerprint density at radius 3 is 2.23 bits per heavy atom. The third-order valence-corrected chi connectivity index (χ3v) is 5.02. The van der Waals surface area contributed by atoms with Crippen LogP contribution in [0.3, 0.4) is 0 Å². The Labute approximate surface area is 181 Å². The number of alkyl halides is 2. The predicted molar refractivity (Wildman–Crippen MR) is 116 cm³/mol. The first-order valence-corrected chi connectivity index (χ1v) is 10.3. The molecule has 3 aromatic carbocycles. The second kappa shape index (κ2) is 11.2. The summed E-state index contributed by atoms with van der Waals surface area (Å²) >= 11 is 0. The van der Waals surface area contributed by atoms with Crippen molar-refractivity contribution < 1.29 is 23.6 Å². The van der Waals surface area contributed by atoms with E-state index in [0.29, 0.717) is 19.5 Å². The monoisotopic (exact) mass is 425 g/mol. The van der Waals surface area contributed by atoms with Gasteiger partial charge < -0.3 is 15.4 Å². The standard InChI is InChI=1S/C25H26F2N2O2/c1-18-7-11-21(12-8-18)24(20-5-3-2-4-6-20)29-17-23(30)28-16-15-19-9-13-22(14-10-19)31-25(26)27/h2-14,24-25,29H,15-17H2,1H3,(H,28,30)/p+1/t24-/m1/s1. The van der Waals surface area contributed by atoms with E-state index >= 15 is 0 Å². The smallest absolute Gasteiger partial charge is 0.387 e. The summed E-state index contributed by atoms with van der Waals surface area (Å²) in [5, 5.41) is 4.96. The number of carbonyl (C=O) groups excluding carboxylic acids is 1. The Bertz CT molecular complexity index is 946. The van der Waals surface area contributed by atoms with Crippen molar-refractivity contribution in [3.05, 3.63) is 101 Å². The van der Waals surface area contributed by atoms with E-state index in [4.69, 9.17) is 0 Å². The number of amides is 1. The molecule has 0 aliphatic carbocycles. The Kier molecular flexibility index (Phi) is 8.12. The van der Waals surface area contributed by atoms with Crippen molar-refractivity contribution in [3.8, 4) is 5.75 Å². The van der Waals surface area contributed by atoms with Crippen LogP contribution < -0.4 is 15.4 Å². The zero-order valence-electron chi connectivity index (χ0n) is 17.4. The molecule has 162 valence electrons. The lowest BCUT2D eigenvalue weighted by Gasteiger charge is -2.17. The van der Waals surface area contributed by atoms with E-state index in [1.807, 2.05) is 23.5 Å². The van der Waals surface area contributed by atoms with E-state index in [0.717, 1.165) is 16.7 Å². The number of quaternary nitrogens is 1. The van der Waals surface area contributed by atoms with Gasteiger partial charge in [0.1, 0.15) is 11.8 Å². The van der Waals surface area contributed by atoms with Crippen molar-refractivity contribution in [2.75, 3.05) is 13.1 Å². The maximum atomic E-state index is 12.4. The molecule has 0 saturated carbocycles. The van der Waals surface area contributed by atoms with Crippen molar-refractivity contribution in [3.63, 3.8) is 0 Å². The van der Waals surface area contributed by atoms with Gasteiger partial charge in [-0.05, 0) is 31.0 Å². The number of benzene rings is 3. The maximum absolute atomic E-state index is 12.4. The molecule has 3 aromatic rings. The van der Waals surface area contributed by atoms with Crippen LogP contribution in [-0.4, -0.2) is 25.6 Å². The first-order valence-electron chi connectivity index (χ1n) is 10.3. The fourth-order valence-electron chi connectivity index (χ4n) is 3.38. The minimum Gasteiger partial charge on any atom is -0.435 e. The van der Waals surface area contributed by atoms with Crippen LogP contribution in [0, 0.1) is 6.92 Å². The first-order chi connectivity index (χ1) is 15.0. The highest BCUT2D eigenvalue weighted by atomic mass is 19.3. The molecule has 1 atom stereocenters. The van der Waals surface area contributed by atoms with Crippen LogP contribution in [0.25, 0.3) is 0 Å². The molecule has 6 heteroatoms. The van der Waals surface area contributed by atoms with E-state index in [2.05, 4.69) is 53.4 Å². The minimum atomic E-state index is -2.83. The van der Waals surface area contributed by atoms with Crippen molar-refractivity contribution in [1.29, 1.82) is 0 Å². The third-order valence-electron chi connectivity index (χ3n) is 5.02. The summed E-state index contributed by atoms with van der Waals surface area (Å²) in [5.74, 6) is 0.0751. The molecule has 0 fully saturated rings. The van der Waals surface area contributed by atoms with Crippen molar-refractivity contribution in [2.24, 2.45) is 0 Å². The van der Waals surface area contributed by atoms with Crippen LogP contribution in [0.1, 0.15) is 28.3 Å². The molecule has 0 heterocycles. The van der Waals surface area contributed by atoms with Crippen LogP contribution >= 0.6 is 0 Å². The van der Waals surface area contributed by atoms with Gasteiger partial charge >= 0.3 is 6.61 Å². The third kappa shape index (κ3) is 7.19. The molecule has 3 N–H and O–H groups in total. The second-order valence-corrected chi connectivity index (χ2v) is 7.36. The number of hydrogen-bond acceptors (Lipinski definition) is 2. The molecular formula is C25H27F2N2O2+. The summed E-state index contributed by atoms with van der Waals surface area (Å²) in [6, 6.07) is 25.0. The number of ether oxygens (including phenoxy) is 1. The highest BCUT2D eigenvalue weighted by Crippen LogP contribution is 2.18. The summed E-state index contributed by atoms with van der Waals surface area (Å²) in [6.45, 7) is -0.00431. The molecule has 0 radical (unpaired) electrons. The van der Waals surface area contributed by atoms with Gasteiger partial charge in [-0.1, -0.05) is 72.3 Å². The number of nitrogens with one attached hydrogen (secondary N) is 1. The van der Waals surface area contributed by atoms with E-state index in [-0.39, 0.29) is 17.7 Å². The molecule has 31 heavy (non-hydrogen) atoms. The quantitative estimate of drug-likeness (QED) is 0.522. The van der Waals surface area contributed by atoms with Gasteiger partial charge in [0.05, 0.1) is 0 Å². The van der Waals surface area contributed by atoms with Gasteiger partial charge in [-0.2, -0.15) is 8.78 Å². The summed E-state index contributed by atoms with van der Waals surface area (Å²) in [6.07, 6.45) is 0.612. The number of aryl methyl sites for hydroxylation is 1. The molecule has 4 nitrogen and oxygen atoms in total. The lowest BCUT2D eigenvalue weighted by Crippen LogP contribution is -2.87. The van der Waals surface area contributed by atoms with E-state index in [9.17, 15) is 13.6 Å². The predicted octanol–water partition coefficient (Wildman–Crippen LogP) is 3.61. The number of halogens is 2. The van der Waals surface area contributed by atoms with Crippen LogP contribution in [0.2, 0.25) is 0 Å². The lowest BCUT2D eigenvalue weighted by atomic mass is 9.98. The normalized spacial score (nSPS) is 11.9. The highest BCUT2D eigenvalue weighted by Gasteiger charge is 2.18. The van der Waals surface area contributed by atoms with Crippen LogP contribution in [-0.2, 0) is 11.2 Å². The van der Waals surface area contributed by atoms with Gasteiger partial charge in [0.15, 0.2) is 6.54 Å². The van der Waals surface area contributed by atoms with Crippen molar-refractivity contribution in [1.82, 2.24) is 5.32 Å². The molecule has 0 aliphatic heterocycles.